The number of nitrogens with zero attached hydrogens (tertiary/aromatic N) is 2. The molecule has 3 aromatic rings. The third-order valence-electron chi connectivity index (χ3n) is 5.83. The van der Waals surface area contributed by atoms with Gasteiger partial charge in [-0.2, -0.15) is 0 Å². The van der Waals surface area contributed by atoms with Gasteiger partial charge in [0.2, 0.25) is 0 Å². The van der Waals surface area contributed by atoms with Crippen molar-refractivity contribution in [3.63, 3.8) is 0 Å². The van der Waals surface area contributed by atoms with Crippen LogP contribution in [0.15, 0.2) is 70.6 Å². The number of unbranched alkanes of at least 4 members (excludes halogenated alkanes) is 4. The SMILES string of the molecule is CCCCCc1ccc(N=Cc2cc(Cl)c(C=Nc3ccc(CCCCC)cc3)cc2Cl)cc1. The van der Waals surface area contributed by atoms with E-state index >= 15 is 0 Å². The summed E-state index contributed by atoms with van der Waals surface area (Å²) in [6.07, 6.45) is 13.2. The zero-order valence-electron chi connectivity index (χ0n) is 20.2. The Labute approximate surface area is 214 Å². The van der Waals surface area contributed by atoms with Gasteiger partial charge >= 0.3 is 0 Å². The minimum Gasteiger partial charge on any atom is -0.256 e. The molecular weight excluding hydrogens is 459 g/mol. The van der Waals surface area contributed by atoms with Crippen LogP contribution in [0.25, 0.3) is 0 Å². The Hall–Kier alpha value is -2.42. The van der Waals surface area contributed by atoms with Crippen LogP contribution in [0.2, 0.25) is 10.0 Å². The number of hydrogen-bond donors (Lipinski definition) is 0. The van der Waals surface area contributed by atoms with Crippen molar-refractivity contribution >= 4 is 47.0 Å². The standard InChI is InChI=1S/C30H34Cl2N2/c1-3-5-7-9-23-11-15-27(16-12-23)33-21-25-19-30(32)26(20-29(25)31)22-34-28-17-13-24(14-18-28)10-8-6-4-2/h11-22H,3-10H2,1-2H3. The fourth-order valence-corrected chi connectivity index (χ4v) is 4.16. The highest BCUT2D eigenvalue weighted by molar-refractivity contribution is 6.36. The molecule has 0 N–H and O–H groups in total. The Kier molecular flexibility index (Phi) is 10.9. The van der Waals surface area contributed by atoms with E-state index in [1.165, 1.54) is 49.7 Å². The normalized spacial score (nSPS) is 11.6. The molecule has 0 saturated carbocycles. The van der Waals surface area contributed by atoms with Crippen LogP contribution >= 0.6 is 23.2 Å². The Morgan fingerprint density at radius 3 is 1.32 bits per heavy atom. The quantitative estimate of drug-likeness (QED) is 0.177. The van der Waals surface area contributed by atoms with E-state index in [9.17, 15) is 0 Å². The van der Waals surface area contributed by atoms with E-state index < -0.39 is 0 Å². The molecule has 0 unspecified atom stereocenters. The van der Waals surface area contributed by atoms with Crippen molar-refractivity contribution in [3.05, 3.63) is 93.0 Å². The fourth-order valence-electron chi connectivity index (χ4n) is 3.72. The highest BCUT2D eigenvalue weighted by Crippen LogP contribution is 2.25. The molecule has 3 aromatic carbocycles. The van der Waals surface area contributed by atoms with Crippen molar-refractivity contribution in [2.24, 2.45) is 9.98 Å². The van der Waals surface area contributed by atoms with Gasteiger partial charge in [-0.1, -0.05) is 87.0 Å². The van der Waals surface area contributed by atoms with E-state index in [-0.39, 0.29) is 0 Å². The molecule has 0 spiro atoms. The first-order valence-corrected chi connectivity index (χ1v) is 13.1. The van der Waals surface area contributed by atoms with Crippen LogP contribution in [0.5, 0.6) is 0 Å². The lowest BCUT2D eigenvalue weighted by Crippen LogP contribution is -1.90. The Balaban J connectivity index is 1.63. The molecule has 0 aliphatic heterocycles. The smallest absolute Gasteiger partial charge is 0.0630 e. The Morgan fingerprint density at radius 2 is 0.971 bits per heavy atom. The molecule has 3 rings (SSSR count). The molecule has 0 heterocycles. The van der Waals surface area contributed by atoms with Crippen molar-refractivity contribution in [2.75, 3.05) is 0 Å². The zero-order chi connectivity index (χ0) is 24.2. The summed E-state index contributed by atoms with van der Waals surface area (Å²) >= 11 is 13.0. The molecule has 0 amide bonds. The topological polar surface area (TPSA) is 24.7 Å². The largest absolute Gasteiger partial charge is 0.256 e. The van der Waals surface area contributed by atoms with Gasteiger partial charge in [0.05, 0.1) is 21.4 Å². The maximum absolute atomic E-state index is 6.52. The Bertz CT molecular complexity index is 995. The van der Waals surface area contributed by atoms with Crippen molar-refractivity contribution in [1.29, 1.82) is 0 Å². The minimum absolute atomic E-state index is 0.594. The van der Waals surface area contributed by atoms with Crippen LogP contribution in [-0.4, -0.2) is 12.4 Å². The molecule has 0 aliphatic rings. The molecule has 4 heteroatoms. The highest BCUT2D eigenvalue weighted by Gasteiger charge is 2.05. The average Bonchev–Trinajstić information content (AvgIpc) is 2.85. The maximum atomic E-state index is 6.52. The third kappa shape index (κ3) is 8.42. The predicted molar refractivity (Wildman–Crippen MR) is 150 cm³/mol. The molecule has 2 nitrogen and oxygen atoms in total. The summed E-state index contributed by atoms with van der Waals surface area (Å²) in [7, 11) is 0. The van der Waals surface area contributed by atoms with Crippen LogP contribution in [0, 0.1) is 0 Å². The van der Waals surface area contributed by atoms with Gasteiger partial charge in [0.1, 0.15) is 0 Å². The lowest BCUT2D eigenvalue weighted by molar-refractivity contribution is 0.717. The second-order valence-electron chi connectivity index (χ2n) is 8.66. The van der Waals surface area contributed by atoms with Gasteiger partial charge < -0.3 is 0 Å². The summed E-state index contributed by atoms with van der Waals surface area (Å²) in [5, 5.41) is 1.19. The molecule has 0 bridgehead atoms. The molecular formula is C30H34Cl2N2. The molecule has 0 saturated heterocycles. The average molecular weight is 494 g/mol. The first-order chi connectivity index (χ1) is 16.6. The summed E-state index contributed by atoms with van der Waals surface area (Å²) in [6.45, 7) is 4.45. The third-order valence-corrected chi connectivity index (χ3v) is 6.49. The van der Waals surface area contributed by atoms with Crippen LogP contribution in [0.1, 0.15) is 74.6 Å². The van der Waals surface area contributed by atoms with Crippen molar-refractivity contribution in [2.45, 2.75) is 65.2 Å². The molecule has 0 fully saturated rings. The van der Waals surface area contributed by atoms with Gasteiger partial charge in [-0.3, -0.25) is 9.98 Å². The molecule has 0 aliphatic carbocycles. The molecule has 0 aromatic heterocycles. The van der Waals surface area contributed by atoms with Crippen LogP contribution in [0.3, 0.4) is 0 Å². The lowest BCUT2D eigenvalue weighted by Gasteiger charge is -2.05. The van der Waals surface area contributed by atoms with E-state index in [4.69, 9.17) is 23.2 Å². The van der Waals surface area contributed by atoms with Crippen LogP contribution in [0.4, 0.5) is 11.4 Å². The van der Waals surface area contributed by atoms with Crippen molar-refractivity contribution in [3.8, 4) is 0 Å². The van der Waals surface area contributed by atoms with E-state index in [2.05, 4.69) is 48.1 Å². The number of benzene rings is 3. The van der Waals surface area contributed by atoms with Gasteiger partial charge in [0, 0.05) is 23.6 Å². The number of hydrogen-bond acceptors (Lipinski definition) is 2. The van der Waals surface area contributed by atoms with Crippen molar-refractivity contribution in [1.82, 2.24) is 0 Å². The van der Waals surface area contributed by atoms with Gasteiger partial charge in [-0.25, -0.2) is 0 Å². The summed E-state index contributed by atoms with van der Waals surface area (Å²) in [6, 6.07) is 20.4. The lowest BCUT2D eigenvalue weighted by atomic mass is 10.1. The number of halogens is 2. The van der Waals surface area contributed by atoms with E-state index in [0.717, 1.165) is 35.3 Å². The summed E-state index contributed by atoms with van der Waals surface area (Å²) in [4.78, 5) is 9.14. The second-order valence-corrected chi connectivity index (χ2v) is 9.47. The minimum atomic E-state index is 0.594. The molecule has 0 atom stereocenters. The van der Waals surface area contributed by atoms with E-state index in [1.54, 1.807) is 12.4 Å². The Morgan fingerprint density at radius 1 is 0.588 bits per heavy atom. The summed E-state index contributed by atoms with van der Waals surface area (Å²) < 4.78 is 0. The van der Waals surface area contributed by atoms with Crippen LogP contribution in [-0.2, 0) is 12.8 Å². The predicted octanol–water partition coefficient (Wildman–Crippen LogP) is 9.96. The second kappa shape index (κ2) is 14.1. The fraction of sp³-hybridized carbons (Fsp3) is 0.333. The highest BCUT2D eigenvalue weighted by atomic mass is 35.5. The maximum Gasteiger partial charge on any atom is 0.0630 e. The number of aliphatic imine (C=N–C) groups is 2. The number of rotatable bonds is 12. The van der Waals surface area contributed by atoms with Crippen LogP contribution < -0.4 is 0 Å². The van der Waals surface area contributed by atoms with Gasteiger partial charge in [-0.05, 0) is 73.2 Å². The summed E-state index contributed by atoms with van der Waals surface area (Å²) in [5.41, 5.74) is 6.07. The molecule has 178 valence electrons. The van der Waals surface area contributed by atoms with E-state index in [0.29, 0.717) is 10.0 Å². The van der Waals surface area contributed by atoms with Gasteiger partial charge in [-0.15, -0.1) is 0 Å². The van der Waals surface area contributed by atoms with Gasteiger partial charge in [0.25, 0.3) is 0 Å². The monoisotopic (exact) mass is 492 g/mol. The molecule has 0 radical (unpaired) electrons. The van der Waals surface area contributed by atoms with E-state index in [1.807, 2.05) is 36.4 Å². The number of aryl methyl sites for hydroxylation is 2. The first kappa shape index (κ1) is 26.2. The van der Waals surface area contributed by atoms with Gasteiger partial charge in [0.15, 0.2) is 0 Å². The zero-order valence-corrected chi connectivity index (χ0v) is 21.7. The summed E-state index contributed by atoms with van der Waals surface area (Å²) in [5.74, 6) is 0. The first-order valence-electron chi connectivity index (χ1n) is 12.3. The molecule has 34 heavy (non-hydrogen) atoms. The van der Waals surface area contributed by atoms with Crippen molar-refractivity contribution < 1.29 is 0 Å².